The van der Waals surface area contributed by atoms with Crippen molar-refractivity contribution < 1.29 is 9.47 Å². The van der Waals surface area contributed by atoms with Gasteiger partial charge in [-0.1, -0.05) is 27.5 Å². The molecule has 2 aromatic rings. The Morgan fingerprint density at radius 1 is 1.19 bits per heavy atom. The first-order valence-electron chi connectivity index (χ1n) is 6.49. The molecule has 2 N–H and O–H groups in total. The molecule has 0 radical (unpaired) electrons. The molecule has 0 aromatic heterocycles. The summed E-state index contributed by atoms with van der Waals surface area (Å²) in [6, 6.07) is 9.44. The third-order valence-corrected chi connectivity index (χ3v) is 3.84. The zero-order chi connectivity index (χ0) is 15.4. The van der Waals surface area contributed by atoms with Crippen molar-refractivity contribution in [3.63, 3.8) is 0 Å². The number of ether oxygens (including phenoxy) is 2. The summed E-state index contributed by atoms with van der Waals surface area (Å²) >= 11 is 9.50. The smallest absolute Gasteiger partial charge is 0.127 e. The van der Waals surface area contributed by atoms with Crippen LogP contribution in [0.15, 0.2) is 34.8 Å². The predicted octanol–water partition coefficient (Wildman–Crippen LogP) is 4.46. The lowest BCUT2D eigenvalue weighted by molar-refractivity contribution is 0.292. The largest absolute Gasteiger partial charge is 0.496 e. The van der Waals surface area contributed by atoms with Crippen molar-refractivity contribution in [2.45, 2.75) is 20.1 Å². The second kappa shape index (κ2) is 7.16. The van der Waals surface area contributed by atoms with E-state index in [0.717, 1.165) is 32.7 Å². The molecule has 0 unspecified atom stereocenters. The fraction of sp³-hybridized carbons (Fsp3) is 0.250. The van der Waals surface area contributed by atoms with Gasteiger partial charge in [0.1, 0.15) is 18.1 Å². The maximum absolute atomic E-state index is 6.03. The van der Waals surface area contributed by atoms with Crippen LogP contribution in [0.5, 0.6) is 11.5 Å². The molecule has 0 amide bonds. The number of benzene rings is 2. The van der Waals surface area contributed by atoms with Crippen molar-refractivity contribution in [1.82, 2.24) is 0 Å². The van der Waals surface area contributed by atoms with Crippen LogP contribution in [0.1, 0.15) is 16.7 Å². The van der Waals surface area contributed by atoms with Gasteiger partial charge in [-0.25, -0.2) is 0 Å². The van der Waals surface area contributed by atoms with E-state index in [-0.39, 0.29) is 0 Å². The Morgan fingerprint density at radius 3 is 2.62 bits per heavy atom. The zero-order valence-electron chi connectivity index (χ0n) is 12.0. The van der Waals surface area contributed by atoms with Crippen molar-refractivity contribution in [3.8, 4) is 11.5 Å². The molecule has 112 valence electrons. The van der Waals surface area contributed by atoms with Crippen molar-refractivity contribution in [1.29, 1.82) is 0 Å². The van der Waals surface area contributed by atoms with Gasteiger partial charge in [-0.2, -0.15) is 0 Å². The first-order valence-corrected chi connectivity index (χ1v) is 7.66. The van der Waals surface area contributed by atoms with Gasteiger partial charge in [0.2, 0.25) is 0 Å². The normalized spacial score (nSPS) is 10.5. The molecule has 3 nitrogen and oxygen atoms in total. The third-order valence-electron chi connectivity index (χ3n) is 3.15. The minimum absolute atomic E-state index is 0.374. The minimum Gasteiger partial charge on any atom is -0.496 e. The predicted molar refractivity (Wildman–Crippen MR) is 89.1 cm³/mol. The SMILES string of the molecule is COc1ccc(Cl)cc1COc1c(C)cc(Br)cc1CN. The number of hydrogen-bond donors (Lipinski definition) is 1. The van der Waals surface area contributed by atoms with Gasteiger partial charge in [0, 0.05) is 27.2 Å². The lowest BCUT2D eigenvalue weighted by Gasteiger charge is -2.15. The van der Waals surface area contributed by atoms with E-state index in [9.17, 15) is 0 Å². The second-order valence-electron chi connectivity index (χ2n) is 4.66. The molecule has 0 bridgehead atoms. The van der Waals surface area contributed by atoms with Crippen LogP contribution in [-0.4, -0.2) is 7.11 Å². The van der Waals surface area contributed by atoms with E-state index in [4.69, 9.17) is 26.8 Å². The van der Waals surface area contributed by atoms with Gasteiger partial charge in [0.25, 0.3) is 0 Å². The molecule has 0 atom stereocenters. The molecule has 5 heteroatoms. The van der Waals surface area contributed by atoms with Gasteiger partial charge >= 0.3 is 0 Å². The lowest BCUT2D eigenvalue weighted by Crippen LogP contribution is -2.05. The molecule has 0 aliphatic heterocycles. The summed E-state index contributed by atoms with van der Waals surface area (Å²) < 4.78 is 12.3. The molecule has 0 aliphatic rings. The summed E-state index contributed by atoms with van der Waals surface area (Å²) in [4.78, 5) is 0. The van der Waals surface area contributed by atoms with Gasteiger partial charge in [0.15, 0.2) is 0 Å². The maximum atomic E-state index is 6.03. The summed E-state index contributed by atoms with van der Waals surface area (Å²) in [6.07, 6.45) is 0. The lowest BCUT2D eigenvalue weighted by atomic mass is 10.1. The topological polar surface area (TPSA) is 44.5 Å². The molecule has 0 heterocycles. The highest BCUT2D eigenvalue weighted by Crippen LogP contribution is 2.30. The number of methoxy groups -OCH3 is 1. The number of aryl methyl sites for hydroxylation is 1. The average Bonchev–Trinajstić information content (AvgIpc) is 2.45. The maximum Gasteiger partial charge on any atom is 0.127 e. The minimum atomic E-state index is 0.374. The van der Waals surface area contributed by atoms with Crippen LogP contribution < -0.4 is 15.2 Å². The molecule has 0 spiro atoms. The van der Waals surface area contributed by atoms with E-state index in [1.807, 2.05) is 31.2 Å². The highest BCUT2D eigenvalue weighted by molar-refractivity contribution is 9.10. The monoisotopic (exact) mass is 369 g/mol. The van der Waals surface area contributed by atoms with Gasteiger partial charge in [-0.05, 0) is 42.8 Å². The first-order chi connectivity index (χ1) is 10.0. The summed E-state index contributed by atoms with van der Waals surface area (Å²) in [6.45, 7) is 2.79. The van der Waals surface area contributed by atoms with E-state index in [1.165, 1.54) is 0 Å². The highest BCUT2D eigenvalue weighted by atomic mass is 79.9. The van der Waals surface area contributed by atoms with Crippen molar-refractivity contribution >= 4 is 27.5 Å². The fourth-order valence-electron chi connectivity index (χ4n) is 2.17. The number of halogens is 2. The Morgan fingerprint density at radius 2 is 1.95 bits per heavy atom. The van der Waals surface area contributed by atoms with Crippen LogP contribution >= 0.6 is 27.5 Å². The standard InChI is InChI=1S/C16H17BrClNO2/c1-10-5-13(17)6-11(8-19)16(10)21-9-12-7-14(18)3-4-15(12)20-2/h3-7H,8-9,19H2,1-2H3. The summed E-state index contributed by atoms with van der Waals surface area (Å²) in [5.74, 6) is 1.56. The molecule has 2 aromatic carbocycles. The fourth-order valence-corrected chi connectivity index (χ4v) is 2.98. The average molecular weight is 371 g/mol. The number of nitrogens with two attached hydrogens (primary N) is 1. The molecule has 21 heavy (non-hydrogen) atoms. The quantitative estimate of drug-likeness (QED) is 0.845. The number of hydrogen-bond acceptors (Lipinski definition) is 3. The molecule has 0 saturated heterocycles. The first kappa shape index (κ1) is 16.1. The molecule has 0 fully saturated rings. The van der Waals surface area contributed by atoms with Gasteiger partial charge < -0.3 is 15.2 Å². The molecule has 0 aliphatic carbocycles. The van der Waals surface area contributed by atoms with Crippen LogP contribution in [0.25, 0.3) is 0 Å². The summed E-state index contributed by atoms with van der Waals surface area (Å²) in [5.41, 5.74) is 8.68. The highest BCUT2D eigenvalue weighted by Gasteiger charge is 2.10. The Bertz CT molecular complexity index is 646. The Kier molecular flexibility index (Phi) is 5.51. The summed E-state index contributed by atoms with van der Waals surface area (Å²) in [7, 11) is 1.63. The van der Waals surface area contributed by atoms with E-state index in [2.05, 4.69) is 15.9 Å². The van der Waals surface area contributed by atoms with Crippen LogP contribution in [-0.2, 0) is 13.2 Å². The van der Waals surface area contributed by atoms with Gasteiger partial charge in [-0.3, -0.25) is 0 Å². The van der Waals surface area contributed by atoms with Crippen LogP contribution in [0.4, 0.5) is 0 Å². The second-order valence-corrected chi connectivity index (χ2v) is 6.01. The van der Waals surface area contributed by atoms with Gasteiger partial charge in [0.05, 0.1) is 7.11 Å². The molecule has 2 rings (SSSR count). The third kappa shape index (κ3) is 3.90. The Labute approximate surface area is 138 Å². The molecular weight excluding hydrogens is 354 g/mol. The van der Waals surface area contributed by atoms with Crippen LogP contribution in [0.3, 0.4) is 0 Å². The molecule has 0 saturated carbocycles. The number of rotatable bonds is 5. The molecular formula is C16H17BrClNO2. The van der Waals surface area contributed by atoms with Gasteiger partial charge in [-0.15, -0.1) is 0 Å². The zero-order valence-corrected chi connectivity index (χ0v) is 14.3. The van der Waals surface area contributed by atoms with Crippen molar-refractivity contribution in [3.05, 3.63) is 56.5 Å². The Balaban J connectivity index is 2.26. The van der Waals surface area contributed by atoms with E-state index < -0.39 is 0 Å². The van der Waals surface area contributed by atoms with Crippen LogP contribution in [0.2, 0.25) is 5.02 Å². The Hall–Kier alpha value is -1.23. The van der Waals surface area contributed by atoms with E-state index in [0.29, 0.717) is 18.2 Å². The summed E-state index contributed by atoms with van der Waals surface area (Å²) in [5, 5.41) is 0.654. The van der Waals surface area contributed by atoms with E-state index >= 15 is 0 Å². The van der Waals surface area contributed by atoms with Crippen molar-refractivity contribution in [2.24, 2.45) is 5.73 Å². The van der Waals surface area contributed by atoms with Crippen LogP contribution in [0, 0.1) is 6.92 Å². The van der Waals surface area contributed by atoms with Crippen molar-refractivity contribution in [2.75, 3.05) is 7.11 Å². The van der Waals surface area contributed by atoms with E-state index in [1.54, 1.807) is 13.2 Å².